The quantitative estimate of drug-likeness (QED) is 0.791. The van der Waals surface area contributed by atoms with Gasteiger partial charge in [0, 0.05) is 25.5 Å². The minimum Gasteiger partial charge on any atom is -0.356 e. The van der Waals surface area contributed by atoms with Crippen molar-refractivity contribution in [2.45, 2.75) is 19.9 Å². The van der Waals surface area contributed by atoms with Crippen LogP contribution in [0.4, 0.5) is 0 Å². The second-order valence-corrected chi connectivity index (χ2v) is 4.57. The van der Waals surface area contributed by atoms with Crippen LogP contribution in [0.25, 0.3) is 5.65 Å². The molecule has 0 amide bonds. The lowest BCUT2D eigenvalue weighted by atomic mass is 10.3. The first-order valence-corrected chi connectivity index (χ1v) is 6.28. The van der Waals surface area contributed by atoms with Crippen molar-refractivity contribution >= 4 is 35.6 Å². The Morgan fingerprint density at radius 3 is 3.16 bits per heavy atom. The van der Waals surface area contributed by atoms with Gasteiger partial charge >= 0.3 is 0 Å². The number of nitrogens with one attached hydrogen (secondary N) is 2. The Kier molecular flexibility index (Phi) is 4.62. The summed E-state index contributed by atoms with van der Waals surface area (Å²) in [6.07, 6.45) is 5.20. The molecule has 2 aromatic rings. The van der Waals surface area contributed by atoms with Crippen molar-refractivity contribution in [3.63, 3.8) is 0 Å². The Labute approximate surface area is 129 Å². The highest BCUT2D eigenvalue weighted by Gasteiger charge is 2.05. The number of rotatable bonds is 2. The first kappa shape index (κ1) is 14.1. The highest BCUT2D eigenvalue weighted by atomic mass is 127. The van der Waals surface area contributed by atoms with E-state index >= 15 is 0 Å². The van der Waals surface area contributed by atoms with E-state index in [4.69, 9.17) is 0 Å². The average molecular weight is 371 g/mol. The number of aryl methyl sites for hydroxylation is 1. The SMILES string of the molecule is Cc1ccn2cc(CNC3=NCCCN3)nc2c1.I. The maximum Gasteiger partial charge on any atom is 0.191 e. The summed E-state index contributed by atoms with van der Waals surface area (Å²) < 4.78 is 2.04. The summed E-state index contributed by atoms with van der Waals surface area (Å²) in [4.78, 5) is 8.95. The second kappa shape index (κ2) is 6.23. The van der Waals surface area contributed by atoms with Crippen LogP contribution in [0.3, 0.4) is 0 Å². The second-order valence-electron chi connectivity index (χ2n) is 4.57. The van der Waals surface area contributed by atoms with E-state index in [1.165, 1.54) is 5.56 Å². The number of hydrogen-bond acceptors (Lipinski definition) is 4. The highest BCUT2D eigenvalue weighted by Crippen LogP contribution is 2.07. The summed E-state index contributed by atoms with van der Waals surface area (Å²) in [6.45, 7) is 4.68. The van der Waals surface area contributed by atoms with Gasteiger partial charge in [-0.3, -0.25) is 4.99 Å². The van der Waals surface area contributed by atoms with Crippen LogP contribution in [-0.2, 0) is 6.54 Å². The van der Waals surface area contributed by atoms with Gasteiger partial charge in [0.25, 0.3) is 0 Å². The van der Waals surface area contributed by atoms with Crippen LogP contribution in [0.2, 0.25) is 0 Å². The molecule has 0 fully saturated rings. The van der Waals surface area contributed by atoms with Crippen molar-refractivity contribution in [3.8, 4) is 0 Å². The zero-order chi connectivity index (χ0) is 12.4. The Hall–Kier alpha value is -1.31. The standard InChI is InChI=1S/C13H17N5.HI/c1-10-3-6-18-9-11(17-12(18)7-10)8-16-13-14-4-2-5-15-13;/h3,6-7,9H,2,4-5,8H2,1H3,(H2,14,15,16);1H. The molecule has 0 bridgehead atoms. The molecule has 0 atom stereocenters. The fourth-order valence-electron chi connectivity index (χ4n) is 2.05. The summed E-state index contributed by atoms with van der Waals surface area (Å²) in [6, 6.07) is 4.17. The van der Waals surface area contributed by atoms with Gasteiger partial charge in [-0.05, 0) is 31.0 Å². The normalized spacial score (nSPS) is 14.5. The van der Waals surface area contributed by atoms with Crippen molar-refractivity contribution in [2.24, 2.45) is 4.99 Å². The lowest BCUT2D eigenvalue weighted by molar-refractivity contribution is 0.699. The average Bonchev–Trinajstić information content (AvgIpc) is 2.79. The first-order valence-electron chi connectivity index (χ1n) is 6.28. The van der Waals surface area contributed by atoms with Gasteiger partial charge in [-0.2, -0.15) is 0 Å². The fraction of sp³-hybridized carbons (Fsp3) is 0.385. The summed E-state index contributed by atoms with van der Waals surface area (Å²) >= 11 is 0. The molecule has 0 saturated heterocycles. The number of pyridine rings is 1. The van der Waals surface area contributed by atoms with Crippen LogP contribution in [0.1, 0.15) is 17.7 Å². The van der Waals surface area contributed by atoms with Crippen LogP contribution < -0.4 is 10.6 Å². The monoisotopic (exact) mass is 371 g/mol. The topological polar surface area (TPSA) is 53.7 Å². The van der Waals surface area contributed by atoms with Gasteiger partial charge in [0.15, 0.2) is 5.96 Å². The van der Waals surface area contributed by atoms with Gasteiger partial charge in [0.1, 0.15) is 5.65 Å². The number of aliphatic imine (C=N–C) groups is 1. The van der Waals surface area contributed by atoms with Crippen LogP contribution >= 0.6 is 24.0 Å². The zero-order valence-electron chi connectivity index (χ0n) is 10.9. The number of guanidine groups is 1. The van der Waals surface area contributed by atoms with Crippen molar-refractivity contribution in [1.29, 1.82) is 0 Å². The lowest BCUT2D eigenvalue weighted by Gasteiger charge is -2.15. The van der Waals surface area contributed by atoms with Crippen LogP contribution in [-0.4, -0.2) is 28.4 Å². The smallest absolute Gasteiger partial charge is 0.191 e. The molecular formula is C13H18IN5. The zero-order valence-corrected chi connectivity index (χ0v) is 13.2. The van der Waals surface area contributed by atoms with Crippen molar-refractivity contribution in [1.82, 2.24) is 20.0 Å². The molecule has 0 aliphatic carbocycles. The van der Waals surface area contributed by atoms with Gasteiger partial charge in [0.2, 0.25) is 0 Å². The third kappa shape index (κ3) is 3.37. The molecule has 2 N–H and O–H groups in total. The van der Waals surface area contributed by atoms with Gasteiger partial charge in [0.05, 0.1) is 12.2 Å². The highest BCUT2D eigenvalue weighted by molar-refractivity contribution is 14.0. The van der Waals surface area contributed by atoms with E-state index < -0.39 is 0 Å². The summed E-state index contributed by atoms with van der Waals surface area (Å²) in [5.41, 5.74) is 3.24. The molecule has 0 aromatic carbocycles. The molecule has 2 aromatic heterocycles. The maximum absolute atomic E-state index is 4.58. The maximum atomic E-state index is 4.58. The third-order valence-electron chi connectivity index (χ3n) is 3.00. The number of imidazole rings is 1. The van der Waals surface area contributed by atoms with Gasteiger partial charge in [-0.15, -0.1) is 24.0 Å². The van der Waals surface area contributed by atoms with E-state index in [0.717, 1.165) is 36.8 Å². The van der Waals surface area contributed by atoms with E-state index in [-0.39, 0.29) is 24.0 Å². The molecule has 0 unspecified atom stereocenters. The van der Waals surface area contributed by atoms with E-state index in [1.54, 1.807) is 0 Å². The van der Waals surface area contributed by atoms with Gasteiger partial charge < -0.3 is 15.0 Å². The molecule has 0 spiro atoms. The summed E-state index contributed by atoms with van der Waals surface area (Å²) in [7, 11) is 0. The van der Waals surface area contributed by atoms with Gasteiger partial charge in [-0.1, -0.05) is 0 Å². The van der Waals surface area contributed by atoms with Gasteiger partial charge in [-0.25, -0.2) is 4.98 Å². The van der Waals surface area contributed by atoms with E-state index in [0.29, 0.717) is 6.54 Å². The minimum absolute atomic E-state index is 0. The molecular weight excluding hydrogens is 353 g/mol. The largest absolute Gasteiger partial charge is 0.356 e. The van der Waals surface area contributed by atoms with E-state index in [1.807, 2.05) is 16.8 Å². The molecule has 102 valence electrons. The number of aromatic nitrogens is 2. The molecule has 1 aliphatic rings. The number of fused-ring (bicyclic) bond motifs is 1. The van der Waals surface area contributed by atoms with Crippen LogP contribution in [0.5, 0.6) is 0 Å². The van der Waals surface area contributed by atoms with E-state index in [9.17, 15) is 0 Å². The van der Waals surface area contributed by atoms with Crippen molar-refractivity contribution in [2.75, 3.05) is 13.1 Å². The molecule has 5 nitrogen and oxygen atoms in total. The van der Waals surface area contributed by atoms with Crippen LogP contribution in [0.15, 0.2) is 29.5 Å². The molecule has 1 aliphatic heterocycles. The Balaban J connectivity index is 0.00000133. The van der Waals surface area contributed by atoms with Crippen molar-refractivity contribution < 1.29 is 0 Å². The Morgan fingerprint density at radius 1 is 1.47 bits per heavy atom. The minimum atomic E-state index is 0. The van der Waals surface area contributed by atoms with E-state index in [2.05, 4.69) is 39.7 Å². The summed E-state index contributed by atoms with van der Waals surface area (Å²) in [5.74, 6) is 0.884. The summed E-state index contributed by atoms with van der Waals surface area (Å²) in [5, 5.41) is 6.51. The van der Waals surface area contributed by atoms with Crippen LogP contribution in [0, 0.1) is 6.92 Å². The predicted octanol–water partition coefficient (Wildman–Crippen LogP) is 1.70. The molecule has 3 rings (SSSR count). The number of halogens is 1. The molecule has 19 heavy (non-hydrogen) atoms. The fourth-order valence-corrected chi connectivity index (χ4v) is 2.05. The number of hydrogen-bond donors (Lipinski definition) is 2. The molecule has 0 saturated carbocycles. The molecule has 6 heteroatoms. The van der Waals surface area contributed by atoms with Crippen molar-refractivity contribution in [3.05, 3.63) is 35.8 Å². The third-order valence-corrected chi connectivity index (χ3v) is 3.00. The lowest BCUT2D eigenvalue weighted by Crippen LogP contribution is -2.40. The Morgan fingerprint density at radius 2 is 2.37 bits per heavy atom. The Bertz CT molecular complexity index is 590. The molecule has 3 heterocycles. The number of nitrogens with zero attached hydrogens (tertiary/aromatic N) is 3. The first-order chi connectivity index (χ1) is 8.81. The predicted molar refractivity (Wildman–Crippen MR) is 87.1 cm³/mol. The molecule has 0 radical (unpaired) electrons.